The number of rotatable bonds is 2. The van der Waals surface area contributed by atoms with Gasteiger partial charge in [-0.1, -0.05) is 15.9 Å². The van der Waals surface area contributed by atoms with Gasteiger partial charge in [-0.15, -0.1) is 0 Å². The first-order chi connectivity index (χ1) is 9.15. The van der Waals surface area contributed by atoms with Crippen LogP contribution in [-0.2, 0) is 4.74 Å². The molecule has 6 heteroatoms. The highest BCUT2D eigenvalue weighted by atomic mass is 79.9. The van der Waals surface area contributed by atoms with E-state index in [1.165, 1.54) is 0 Å². The smallest absolute Gasteiger partial charge is 0.323 e. The summed E-state index contributed by atoms with van der Waals surface area (Å²) in [6, 6.07) is 3.63. The average molecular weight is 327 g/mol. The Morgan fingerprint density at radius 2 is 2.11 bits per heavy atom. The van der Waals surface area contributed by atoms with Crippen LogP contribution in [0.5, 0.6) is 0 Å². The largest absolute Gasteiger partial charge is 0.388 e. The van der Waals surface area contributed by atoms with Gasteiger partial charge in [0.15, 0.2) is 0 Å². The number of hydrogen-bond acceptors (Lipinski definition) is 3. The Bertz CT molecular complexity index is 643. The van der Waals surface area contributed by atoms with Crippen LogP contribution in [0.1, 0.15) is 24.5 Å². The minimum atomic E-state index is -0.586. The first kappa shape index (κ1) is 12.9. The van der Waals surface area contributed by atoms with Crippen molar-refractivity contribution in [3.63, 3.8) is 0 Å². The van der Waals surface area contributed by atoms with Gasteiger partial charge in [-0.05, 0) is 30.5 Å². The number of aliphatic hydroxyl groups excluding tert-OH is 1. The standard InChI is InChI=1S/C13H15BrN2O3/c14-9-5-11-10(15-13(18)16-11)4-8(9)12(17)7-2-1-3-19-6-7/h4-5,7,12,17H,1-3,6H2,(H2,15,16,18). The summed E-state index contributed by atoms with van der Waals surface area (Å²) in [5, 5.41) is 10.5. The zero-order chi connectivity index (χ0) is 13.4. The summed E-state index contributed by atoms with van der Waals surface area (Å²) in [5.41, 5.74) is 1.99. The number of halogens is 1. The molecule has 1 aliphatic heterocycles. The summed E-state index contributed by atoms with van der Waals surface area (Å²) < 4.78 is 6.22. The molecule has 0 amide bonds. The Balaban J connectivity index is 1.98. The van der Waals surface area contributed by atoms with E-state index in [0.717, 1.165) is 35.0 Å². The lowest BCUT2D eigenvalue weighted by Gasteiger charge is -2.27. The topological polar surface area (TPSA) is 78.1 Å². The third-order valence-electron chi connectivity index (χ3n) is 3.59. The maximum absolute atomic E-state index is 11.3. The molecular weight excluding hydrogens is 312 g/mol. The lowest BCUT2D eigenvalue weighted by molar-refractivity contribution is -0.0102. The molecule has 0 bridgehead atoms. The first-order valence-corrected chi connectivity index (χ1v) is 7.11. The van der Waals surface area contributed by atoms with Crippen LogP contribution in [0, 0.1) is 5.92 Å². The van der Waals surface area contributed by atoms with Gasteiger partial charge in [0.05, 0.1) is 23.7 Å². The number of aromatic amines is 2. The van der Waals surface area contributed by atoms with Gasteiger partial charge in [-0.2, -0.15) is 0 Å². The maximum Gasteiger partial charge on any atom is 0.323 e. The van der Waals surface area contributed by atoms with Crippen molar-refractivity contribution in [2.75, 3.05) is 13.2 Å². The molecule has 2 heterocycles. The Morgan fingerprint density at radius 1 is 1.37 bits per heavy atom. The highest BCUT2D eigenvalue weighted by Gasteiger charge is 2.25. The molecule has 0 aliphatic carbocycles. The number of hydrogen-bond donors (Lipinski definition) is 3. The van der Waals surface area contributed by atoms with Gasteiger partial charge in [-0.25, -0.2) is 4.79 Å². The molecule has 1 aromatic heterocycles. The van der Waals surface area contributed by atoms with E-state index >= 15 is 0 Å². The number of imidazole rings is 1. The van der Waals surface area contributed by atoms with Gasteiger partial charge >= 0.3 is 5.69 Å². The molecule has 2 atom stereocenters. The molecule has 0 saturated carbocycles. The second kappa shape index (κ2) is 5.11. The molecule has 2 unspecified atom stereocenters. The molecule has 0 spiro atoms. The van der Waals surface area contributed by atoms with E-state index in [9.17, 15) is 9.90 Å². The molecule has 1 aliphatic rings. The molecule has 102 valence electrons. The van der Waals surface area contributed by atoms with E-state index in [1.54, 1.807) is 0 Å². The van der Waals surface area contributed by atoms with Crippen molar-refractivity contribution in [1.82, 2.24) is 9.97 Å². The number of fused-ring (bicyclic) bond motifs is 1. The van der Waals surface area contributed by atoms with Crippen molar-refractivity contribution < 1.29 is 9.84 Å². The van der Waals surface area contributed by atoms with Crippen LogP contribution < -0.4 is 5.69 Å². The van der Waals surface area contributed by atoms with E-state index in [-0.39, 0.29) is 11.6 Å². The molecule has 2 aromatic rings. The Kier molecular flexibility index (Phi) is 3.47. The summed E-state index contributed by atoms with van der Waals surface area (Å²) in [5.74, 6) is 0.105. The molecule has 19 heavy (non-hydrogen) atoms. The van der Waals surface area contributed by atoms with Gasteiger partial charge in [0.1, 0.15) is 0 Å². The summed E-state index contributed by atoms with van der Waals surface area (Å²) in [6.45, 7) is 1.35. The fraction of sp³-hybridized carbons (Fsp3) is 0.462. The van der Waals surface area contributed by atoms with Crippen LogP contribution in [-0.4, -0.2) is 28.3 Å². The molecule has 0 radical (unpaired) electrons. The Hall–Kier alpha value is -1.11. The molecule has 3 rings (SSSR count). The lowest BCUT2D eigenvalue weighted by Crippen LogP contribution is -2.23. The molecule has 5 nitrogen and oxygen atoms in total. The SMILES string of the molecule is O=c1[nH]c2cc(Br)c(C(O)C3CCCOC3)cc2[nH]1. The zero-order valence-electron chi connectivity index (χ0n) is 10.3. The quantitative estimate of drug-likeness (QED) is 0.790. The van der Waals surface area contributed by atoms with Crippen LogP contribution in [0.15, 0.2) is 21.4 Å². The number of benzene rings is 1. The molecule has 1 saturated heterocycles. The molecule has 3 N–H and O–H groups in total. The lowest BCUT2D eigenvalue weighted by atomic mass is 9.91. The molecule has 1 aromatic carbocycles. The van der Waals surface area contributed by atoms with E-state index in [1.807, 2.05) is 12.1 Å². The second-order valence-electron chi connectivity index (χ2n) is 4.92. The van der Waals surface area contributed by atoms with E-state index < -0.39 is 6.10 Å². The van der Waals surface area contributed by atoms with E-state index in [4.69, 9.17) is 4.74 Å². The minimum Gasteiger partial charge on any atom is -0.388 e. The normalized spacial score (nSPS) is 21.7. The monoisotopic (exact) mass is 326 g/mol. The third kappa shape index (κ3) is 2.48. The van der Waals surface area contributed by atoms with Crippen molar-refractivity contribution >= 4 is 27.0 Å². The van der Waals surface area contributed by atoms with Gasteiger partial charge in [0.25, 0.3) is 0 Å². The van der Waals surface area contributed by atoms with Crippen LogP contribution in [0.3, 0.4) is 0 Å². The van der Waals surface area contributed by atoms with Crippen molar-refractivity contribution in [2.45, 2.75) is 18.9 Å². The predicted octanol–water partition coefficient (Wildman–Crippen LogP) is 2.08. The summed E-state index contributed by atoms with van der Waals surface area (Å²) >= 11 is 3.46. The Morgan fingerprint density at radius 3 is 2.79 bits per heavy atom. The number of H-pyrrole nitrogens is 2. The van der Waals surface area contributed by atoms with Crippen LogP contribution in [0.25, 0.3) is 11.0 Å². The highest BCUT2D eigenvalue weighted by molar-refractivity contribution is 9.10. The van der Waals surface area contributed by atoms with Crippen LogP contribution >= 0.6 is 15.9 Å². The van der Waals surface area contributed by atoms with Gasteiger partial charge < -0.3 is 19.8 Å². The second-order valence-corrected chi connectivity index (χ2v) is 5.77. The van der Waals surface area contributed by atoms with Crippen molar-refractivity contribution in [2.24, 2.45) is 5.92 Å². The fourth-order valence-corrected chi connectivity index (χ4v) is 3.15. The summed E-state index contributed by atoms with van der Waals surface area (Å²) in [7, 11) is 0. The zero-order valence-corrected chi connectivity index (χ0v) is 11.9. The Labute approximate surface area is 118 Å². The van der Waals surface area contributed by atoms with E-state index in [2.05, 4.69) is 25.9 Å². The number of ether oxygens (including phenoxy) is 1. The first-order valence-electron chi connectivity index (χ1n) is 6.32. The number of aromatic nitrogens is 2. The number of nitrogens with one attached hydrogen (secondary N) is 2. The van der Waals surface area contributed by atoms with Crippen LogP contribution in [0.4, 0.5) is 0 Å². The maximum atomic E-state index is 11.3. The van der Waals surface area contributed by atoms with Gasteiger partial charge in [-0.3, -0.25) is 0 Å². The highest BCUT2D eigenvalue weighted by Crippen LogP contribution is 2.34. The summed E-state index contributed by atoms with van der Waals surface area (Å²) in [4.78, 5) is 16.7. The van der Waals surface area contributed by atoms with Gasteiger partial charge in [0, 0.05) is 17.0 Å². The van der Waals surface area contributed by atoms with Crippen molar-refractivity contribution in [3.05, 3.63) is 32.7 Å². The third-order valence-corrected chi connectivity index (χ3v) is 4.28. The molecular formula is C13H15BrN2O3. The molecule has 1 fully saturated rings. The van der Waals surface area contributed by atoms with E-state index in [0.29, 0.717) is 12.1 Å². The summed E-state index contributed by atoms with van der Waals surface area (Å²) in [6.07, 6.45) is 1.34. The minimum absolute atomic E-state index is 0.105. The number of aliphatic hydroxyl groups is 1. The van der Waals surface area contributed by atoms with Crippen molar-refractivity contribution in [1.29, 1.82) is 0 Å². The average Bonchev–Trinajstić information content (AvgIpc) is 2.77. The van der Waals surface area contributed by atoms with Gasteiger partial charge in [0.2, 0.25) is 0 Å². The van der Waals surface area contributed by atoms with Crippen LogP contribution in [0.2, 0.25) is 0 Å². The predicted molar refractivity (Wildman–Crippen MR) is 75.1 cm³/mol. The van der Waals surface area contributed by atoms with Crippen molar-refractivity contribution in [3.8, 4) is 0 Å². The fourth-order valence-electron chi connectivity index (χ4n) is 2.57.